The molecule has 0 fully saturated rings. The summed E-state index contributed by atoms with van der Waals surface area (Å²) in [6.07, 6.45) is 3.43. The van der Waals surface area contributed by atoms with E-state index in [1.54, 1.807) is 12.7 Å². The fourth-order valence-corrected chi connectivity index (χ4v) is 2.74. The zero-order valence-corrected chi connectivity index (χ0v) is 12.6. The molecule has 4 aromatic rings. The molecule has 0 saturated heterocycles. The van der Waals surface area contributed by atoms with Gasteiger partial charge in [-0.1, -0.05) is 54.6 Å². The second-order valence-electron chi connectivity index (χ2n) is 5.42. The van der Waals surface area contributed by atoms with E-state index in [1.807, 2.05) is 22.9 Å². The lowest BCUT2D eigenvalue weighted by atomic mass is 10.1. The van der Waals surface area contributed by atoms with Crippen LogP contribution in [0.1, 0.15) is 5.56 Å². The van der Waals surface area contributed by atoms with Crippen LogP contribution in [0.25, 0.3) is 10.8 Å². The van der Waals surface area contributed by atoms with E-state index in [2.05, 4.69) is 69.8 Å². The van der Waals surface area contributed by atoms with E-state index >= 15 is 0 Å². The molecule has 1 heterocycles. The minimum atomic E-state index is 0.743. The zero-order valence-electron chi connectivity index (χ0n) is 12.6. The first-order valence-electron chi connectivity index (χ1n) is 7.55. The summed E-state index contributed by atoms with van der Waals surface area (Å²) in [4.78, 5) is 0. The number of nitrogens with zero attached hydrogens (tertiary/aromatic N) is 4. The van der Waals surface area contributed by atoms with Crippen molar-refractivity contribution in [1.82, 2.24) is 14.9 Å². The van der Waals surface area contributed by atoms with Crippen molar-refractivity contribution >= 4 is 16.5 Å². The van der Waals surface area contributed by atoms with E-state index in [9.17, 15) is 0 Å². The van der Waals surface area contributed by atoms with Gasteiger partial charge in [-0.2, -0.15) is 0 Å². The summed E-state index contributed by atoms with van der Waals surface area (Å²) >= 11 is 0. The molecule has 3 aromatic carbocycles. The minimum absolute atomic E-state index is 0.743. The predicted molar refractivity (Wildman–Crippen MR) is 92.0 cm³/mol. The lowest BCUT2D eigenvalue weighted by molar-refractivity contribution is 0.686. The van der Waals surface area contributed by atoms with Crippen LogP contribution >= 0.6 is 0 Å². The van der Waals surface area contributed by atoms with Gasteiger partial charge in [-0.15, -0.1) is 10.2 Å². The van der Waals surface area contributed by atoms with Gasteiger partial charge in [0.2, 0.25) is 0 Å². The van der Waals surface area contributed by atoms with Crippen LogP contribution in [0.4, 0.5) is 5.69 Å². The van der Waals surface area contributed by atoms with E-state index in [-0.39, 0.29) is 0 Å². The molecule has 0 bridgehead atoms. The molecule has 0 saturated carbocycles. The first kappa shape index (κ1) is 13.5. The number of hydrogen-bond donors (Lipinski definition) is 0. The lowest BCUT2D eigenvalue weighted by Crippen LogP contribution is -2.27. The largest absolute Gasteiger partial charge is 0.275 e. The minimum Gasteiger partial charge on any atom is -0.275 e. The highest BCUT2D eigenvalue weighted by atomic mass is 15.6. The Kier molecular flexibility index (Phi) is 3.48. The Labute approximate surface area is 134 Å². The van der Waals surface area contributed by atoms with Crippen LogP contribution in [-0.2, 0) is 6.54 Å². The highest BCUT2D eigenvalue weighted by molar-refractivity contribution is 5.83. The molecule has 1 aromatic heterocycles. The topological polar surface area (TPSA) is 34.0 Å². The van der Waals surface area contributed by atoms with Crippen LogP contribution in [0.2, 0.25) is 0 Å². The number of aromatic nitrogens is 3. The Morgan fingerprint density at radius 2 is 1.43 bits per heavy atom. The molecule has 4 rings (SSSR count). The molecule has 4 nitrogen and oxygen atoms in total. The molecule has 0 aliphatic rings. The molecular formula is C19H16N4. The van der Waals surface area contributed by atoms with Gasteiger partial charge in [-0.25, -0.2) is 4.68 Å². The van der Waals surface area contributed by atoms with Crippen molar-refractivity contribution in [1.29, 1.82) is 0 Å². The van der Waals surface area contributed by atoms with Gasteiger partial charge >= 0.3 is 0 Å². The fourth-order valence-electron chi connectivity index (χ4n) is 2.74. The smallest absolute Gasteiger partial charge is 0.139 e. The van der Waals surface area contributed by atoms with Gasteiger partial charge in [-0.3, -0.25) is 5.01 Å². The van der Waals surface area contributed by atoms with Crippen LogP contribution in [0.3, 0.4) is 0 Å². The number of benzene rings is 3. The Hall–Kier alpha value is -3.14. The SMILES string of the molecule is c1ccc(N(Cc2ccc3ccccc3c2)n2cnnc2)cc1. The molecule has 0 aliphatic carbocycles. The van der Waals surface area contributed by atoms with Gasteiger partial charge in [0.05, 0.1) is 12.2 Å². The standard InChI is InChI=1S/C19H16N4/c1-2-8-19(9-3-1)23(22-14-20-21-15-22)13-16-10-11-17-6-4-5-7-18(17)12-16/h1-12,14-15H,13H2. The Morgan fingerprint density at radius 3 is 2.22 bits per heavy atom. The number of hydrogen-bond acceptors (Lipinski definition) is 3. The molecule has 0 N–H and O–H groups in total. The van der Waals surface area contributed by atoms with E-state index < -0.39 is 0 Å². The van der Waals surface area contributed by atoms with Crippen molar-refractivity contribution in [2.75, 3.05) is 5.01 Å². The molecule has 0 amide bonds. The van der Waals surface area contributed by atoms with E-state index in [1.165, 1.54) is 16.3 Å². The first-order valence-corrected chi connectivity index (χ1v) is 7.55. The molecule has 0 radical (unpaired) electrons. The van der Waals surface area contributed by atoms with Crippen molar-refractivity contribution in [3.05, 3.63) is 91.0 Å². The number of anilines is 1. The number of rotatable bonds is 4. The Bertz CT molecular complexity index is 901. The van der Waals surface area contributed by atoms with E-state index in [4.69, 9.17) is 0 Å². The summed E-state index contributed by atoms with van der Waals surface area (Å²) in [5.74, 6) is 0. The van der Waals surface area contributed by atoms with E-state index in [0.29, 0.717) is 0 Å². The van der Waals surface area contributed by atoms with Crippen molar-refractivity contribution in [3.63, 3.8) is 0 Å². The number of para-hydroxylation sites is 1. The maximum Gasteiger partial charge on any atom is 0.139 e. The summed E-state index contributed by atoms with van der Waals surface area (Å²) in [6.45, 7) is 0.743. The first-order chi connectivity index (χ1) is 11.4. The second-order valence-corrected chi connectivity index (χ2v) is 5.42. The quantitative estimate of drug-likeness (QED) is 0.573. The van der Waals surface area contributed by atoms with Crippen LogP contribution < -0.4 is 5.01 Å². The fraction of sp³-hybridized carbons (Fsp3) is 0.0526. The third-order valence-corrected chi connectivity index (χ3v) is 3.89. The van der Waals surface area contributed by atoms with Gasteiger partial charge in [-0.05, 0) is 34.5 Å². The number of fused-ring (bicyclic) bond motifs is 1. The summed E-state index contributed by atoms with van der Waals surface area (Å²) < 4.78 is 1.91. The lowest BCUT2D eigenvalue weighted by Gasteiger charge is -2.25. The van der Waals surface area contributed by atoms with Crippen LogP contribution in [0.5, 0.6) is 0 Å². The van der Waals surface area contributed by atoms with E-state index in [0.717, 1.165) is 12.2 Å². The van der Waals surface area contributed by atoms with Gasteiger partial charge in [0.25, 0.3) is 0 Å². The average molecular weight is 300 g/mol. The van der Waals surface area contributed by atoms with Gasteiger partial charge in [0, 0.05) is 0 Å². The van der Waals surface area contributed by atoms with Crippen LogP contribution in [0.15, 0.2) is 85.5 Å². The molecule has 0 unspecified atom stereocenters. The molecule has 0 atom stereocenters. The van der Waals surface area contributed by atoms with Crippen molar-refractivity contribution in [2.24, 2.45) is 0 Å². The average Bonchev–Trinajstić information content (AvgIpc) is 3.14. The second kappa shape index (κ2) is 5.93. The van der Waals surface area contributed by atoms with Gasteiger partial charge in [0.1, 0.15) is 12.7 Å². The summed E-state index contributed by atoms with van der Waals surface area (Å²) in [7, 11) is 0. The third-order valence-electron chi connectivity index (χ3n) is 3.89. The Balaban J connectivity index is 1.72. The van der Waals surface area contributed by atoms with Crippen molar-refractivity contribution < 1.29 is 0 Å². The molecule has 0 aliphatic heterocycles. The summed E-state index contributed by atoms with van der Waals surface area (Å²) in [6, 6.07) is 25.2. The van der Waals surface area contributed by atoms with Gasteiger partial charge in [0.15, 0.2) is 0 Å². The van der Waals surface area contributed by atoms with Crippen LogP contribution in [0, 0.1) is 0 Å². The summed E-state index contributed by atoms with van der Waals surface area (Å²) in [5.41, 5.74) is 2.33. The van der Waals surface area contributed by atoms with Gasteiger partial charge < -0.3 is 0 Å². The van der Waals surface area contributed by atoms with Crippen molar-refractivity contribution in [2.45, 2.75) is 6.54 Å². The van der Waals surface area contributed by atoms with Crippen LogP contribution in [-0.4, -0.2) is 14.9 Å². The summed E-state index contributed by atoms with van der Waals surface area (Å²) in [5, 5.41) is 12.5. The third kappa shape index (κ3) is 2.79. The molecule has 4 heteroatoms. The Morgan fingerprint density at radius 1 is 0.739 bits per heavy atom. The highest BCUT2D eigenvalue weighted by Gasteiger charge is 2.09. The monoisotopic (exact) mass is 300 g/mol. The highest BCUT2D eigenvalue weighted by Crippen LogP contribution is 2.20. The molecule has 112 valence electrons. The predicted octanol–water partition coefficient (Wildman–Crippen LogP) is 3.90. The van der Waals surface area contributed by atoms with Crippen molar-refractivity contribution in [3.8, 4) is 0 Å². The maximum absolute atomic E-state index is 3.93. The molecule has 0 spiro atoms. The maximum atomic E-state index is 3.93. The molecular weight excluding hydrogens is 284 g/mol. The zero-order chi connectivity index (χ0) is 15.5. The normalized spacial score (nSPS) is 10.8. The molecule has 23 heavy (non-hydrogen) atoms.